The number of amides is 1. The van der Waals surface area contributed by atoms with Crippen molar-refractivity contribution in [2.75, 3.05) is 20.8 Å². The first kappa shape index (κ1) is 23.0. The minimum Gasteiger partial charge on any atom is -0.444 e. The standard InChI is InChI=1S/C22H33NO7/c1-19(2,3)30-18(25)23-14-16-17(15(10-8-9-13-24)22(23)11-12-22)29-21(5,27-7)20(4,26-6)28-16/h13,15-17H,9,11-12,14H2,1-7H3. The van der Waals surface area contributed by atoms with Crippen LogP contribution in [0.2, 0.25) is 0 Å². The molecule has 8 nitrogen and oxygen atoms in total. The van der Waals surface area contributed by atoms with Crippen LogP contribution in [-0.2, 0) is 28.5 Å². The van der Waals surface area contributed by atoms with Crippen molar-refractivity contribution in [1.29, 1.82) is 0 Å². The summed E-state index contributed by atoms with van der Waals surface area (Å²) in [6.45, 7) is 9.33. The second-order valence-electron chi connectivity index (χ2n) is 9.40. The maximum atomic E-state index is 13.1. The number of carbonyl (C=O) groups excluding carboxylic acids is 2. The molecule has 0 aromatic rings. The van der Waals surface area contributed by atoms with Crippen molar-refractivity contribution in [2.24, 2.45) is 5.92 Å². The maximum absolute atomic E-state index is 13.1. The van der Waals surface area contributed by atoms with Crippen molar-refractivity contribution in [1.82, 2.24) is 4.90 Å². The van der Waals surface area contributed by atoms with E-state index in [9.17, 15) is 9.59 Å². The molecule has 3 aliphatic rings. The minimum atomic E-state index is -1.18. The molecule has 1 saturated carbocycles. The molecule has 1 aliphatic carbocycles. The highest BCUT2D eigenvalue weighted by atomic mass is 16.8. The van der Waals surface area contributed by atoms with Gasteiger partial charge in [-0.15, -0.1) is 0 Å². The molecule has 2 aliphatic heterocycles. The van der Waals surface area contributed by atoms with E-state index in [1.165, 1.54) is 14.2 Å². The number of aldehydes is 1. The van der Waals surface area contributed by atoms with Gasteiger partial charge in [-0.1, -0.05) is 11.8 Å². The quantitative estimate of drug-likeness (QED) is 0.509. The van der Waals surface area contributed by atoms with Gasteiger partial charge in [0.25, 0.3) is 0 Å². The summed E-state index contributed by atoms with van der Waals surface area (Å²) in [4.78, 5) is 25.6. The van der Waals surface area contributed by atoms with Gasteiger partial charge in [-0.05, 0) is 47.5 Å². The summed E-state index contributed by atoms with van der Waals surface area (Å²) < 4.78 is 29.7. The smallest absolute Gasteiger partial charge is 0.410 e. The number of ether oxygens (including phenoxy) is 5. The van der Waals surface area contributed by atoms with Crippen molar-refractivity contribution < 1.29 is 33.3 Å². The topological polar surface area (TPSA) is 83.5 Å². The van der Waals surface area contributed by atoms with Crippen molar-refractivity contribution in [2.45, 2.75) is 88.8 Å². The molecular weight excluding hydrogens is 390 g/mol. The highest BCUT2D eigenvalue weighted by molar-refractivity contribution is 5.71. The molecule has 0 aromatic heterocycles. The number of hydrogen-bond acceptors (Lipinski definition) is 7. The van der Waals surface area contributed by atoms with Crippen LogP contribution in [0.1, 0.15) is 53.9 Å². The lowest BCUT2D eigenvalue weighted by Crippen LogP contribution is -2.72. The first-order valence-corrected chi connectivity index (χ1v) is 10.3. The van der Waals surface area contributed by atoms with Gasteiger partial charge in [0.1, 0.15) is 24.1 Å². The molecule has 0 radical (unpaired) electrons. The maximum Gasteiger partial charge on any atom is 0.410 e. The molecule has 5 unspecified atom stereocenters. The Hall–Kier alpha value is -1.66. The highest BCUT2D eigenvalue weighted by Gasteiger charge is 2.68. The molecule has 30 heavy (non-hydrogen) atoms. The summed E-state index contributed by atoms with van der Waals surface area (Å²) in [5.41, 5.74) is -1.12. The second kappa shape index (κ2) is 7.79. The largest absolute Gasteiger partial charge is 0.444 e. The van der Waals surface area contributed by atoms with Gasteiger partial charge in [0.2, 0.25) is 11.6 Å². The van der Waals surface area contributed by atoms with Crippen LogP contribution in [-0.4, -0.2) is 73.0 Å². The zero-order valence-electron chi connectivity index (χ0n) is 18.9. The van der Waals surface area contributed by atoms with Crippen molar-refractivity contribution in [3.8, 4) is 11.8 Å². The number of rotatable bonds is 3. The molecule has 3 rings (SSSR count). The van der Waals surface area contributed by atoms with E-state index in [1.807, 2.05) is 20.8 Å². The molecule has 1 amide bonds. The van der Waals surface area contributed by atoms with Gasteiger partial charge in [0, 0.05) is 14.2 Å². The molecule has 168 valence electrons. The lowest BCUT2D eigenvalue weighted by atomic mass is 9.81. The molecule has 8 heteroatoms. The lowest BCUT2D eigenvalue weighted by Gasteiger charge is -2.57. The fourth-order valence-electron chi connectivity index (χ4n) is 4.34. The average Bonchev–Trinajstić information content (AvgIpc) is 3.45. The highest BCUT2D eigenvalue weighted by Crippen LogP contribution is 2.56. The monoisotopic (exact) mass is 423 g/mol. The third-order valence-electron chi connectivity index (χ3n) is 6.33. The molecule has 0 N–H and O–H groups in total. The summed E-state index contributed by atoms with van der Waals surface area (Å²) in [5, 5.41) is 0. The summed E-state index contributed by atoms with van der Waals surface area (Å²) >= 11 is 0. The van der Waals surface area contributed by atoms with E-state index in [0.717, 1.165) is 19.1 Å². The summed E-state index contributed by atoms with van der Waals surface area (Å²) in [6.07, 6.45) is 1.11. The minimum absolute atomic E-state index is 0.120. The Morgan fingerprint density at radius 1 is 1.17 bits per heavy atom. The van der Waals surface area contributed by atoms with Crippen LogP contribution in [0.5, 0.6) is 0 Å². The number of piperidine rings is 1. The van der Waals surface area contributed by atoms with Gasteiger partial charge in [-0.25, -0.2) is 4.79 Å². The van der Waals surface area contributed by atoms with Crippen LogP contribution < -0.4 is 0 Å². The van der Waals surface area contributed by atoms with E-state index in [0.29, 0.717) is 6.54 Å². The lowest BCUT2D eigenvalue weighted by molar-refractivity contribution is -0.456. The Labute approximate surface area is 178 Å². The molecule has 0 aromatic carbocycles. The van der Waals surface area contributed by atoms with E-state index < -0.39 is 41.0 Å². The molecule has 2 heterocycles. The third kappa shape index (κ3) is 3.84. The van der Waals surface area contributed by atoms with Crippen LogP contribution in [0.25, 0.3) is 0 Å². The summed E-state index contributed by atoms with van der Waals surface area (Å²) in [6, 6.07) is 0. The number of fused-ring (bicyclic) bond motifs is 1. The van der Waals surface area contributed by atoms with E-state index in [-0.39, 0.29) is 12.3 Å². The van der Waals surface area contributed by atoms with E-state index >= 15 is 0 Å². The van der Waals surface area contributed by atoms with Crippen LogP contribution in [0.4, 0.5) is 4.79 Å². The average molecular weight is 424 g/mol. The zero-order valence-corrected chi connectivity index (χ0v) is 18.9. The van der Waals surface area contributed by atoms with E-state index in [1.54, 1.807) is 18.7 Å². The van der Waals surface area contributed by atoms with Gasteiger partial charge in [0.15, 0.2) is 0 Å². The van der Waals surface area contributed by atoms with Gasteiger partial charge in [-0.3, -0.25) is 4.90 Å². The van der Waals surface area contributed by atoms with E-state index in [2.05, 4.69) is 11.8 Å². The third-order valence-corrected chi connectivity index (χ3v) is 6.33. The van der Waals surface area contributed by atoms with Crippen LogP contribution in [0.15, 0.2) is 0 Å². The molecule has 0 bridgehead atoms. The fraction of sp³-hybridized carbons (Fsp3) is 0.818. The van der Waals surface area contributed by atoms with Crippen molar-refractivity contribution in [3.05, 3.63) is 0 Å². The van der Waals surface area contributed by atoms with Crippen LogP contribution in [0.3, 0.4) is 0 Å². The van der Waals surface area contributed by atoms with Gasteiger partial charge in [-0.2, -0.15) is 0 Å². The second-order valence-corrected chi connectivity index (χ2v) is 9.40. The number of likely N-dealkylation sites (tertiary alicyclic amines) is 1. The summed E-state index contributed by atoms with van der Waals surface area (Å²) in [7, 11) is 3.07. The normalized spacial score (nSPS) is 37.0. The Balaban J connectivity index is 1.99. The zero-order chi connectivity index (χ0) is 22.4. The van der Waals surface area contributed by atoms with Crippen LogP contribution in [0, 0.1) is 17.8 Å². The molecule has 3 fully saturated rings. The first-order valence-electron chi connectivity index (χ1n) is 10.3. The molecule has 2 saturated heterocycles. The number of carbonyl (C=O) groups is 2. The van der Waals surface area contributed by atoms with Crippen LogP contribution >= 0.6 is 0 Å². The van der Waals surface area contributed by atoms with Gasteiger partial charge >= 0.3 is 6.09 Å². The van der Waals surface area contributed by atoms with Crippen molar-refractivity contribution in [3.63, 3.8) is 0 Å². The Bertz CT molecular complexity index is 747. The fourth-order valence-corrected chi connectivity index (χ4v) is 4.34. The Morgan fingerprint density at radius 3 is 2.27 bits per heavy atom. The molecule has 5 atom stereocenters. The van der Waals surface area contributed by atoms with Gasteiger partial charge in [0.05, 0.1) is 24.4 Å². The number of methoxy groups -OCH3 is 2. The van der Waals surface area contributed by atoms with E-state index in [4.69, 9.17) is 23.7 Å². The molecule has 1 spiro atoms. The van der Waals surface area contributed by atoms with Crippen molar-refractivity contribution >= 4 is 12.4 Å². The number of hydrogen-bond donors (Lipinski definition) is 0. The Kier molecular flexibility index (Phi) is 5.98. The summed E-state index contributed by atoms with van der Waals surface area (Å²) in [5.74, 6) is 3.41. The SMILES string of the molecule is COC1(C)OC2CN(C(=O)OC(C)(C)C)C3(CC3)C(C#CCC=O)C2OC1(C)OC. The molecular formula is C22H33NO7. The predicted octanol–water partition coefficient (Wildman–Crippen LogP) is 2.49. The first-order chi connectivity index (χ1) is 14.0. The van der Waals surface area contributed by atoms with Gasteiger partial charge < -0.3 is 28.5 Å². The predicted molar refractivity (Wildman–Crippen MR) is 107 cm³/mol. The Morgan fingerprint density at radius 2 is 1.77 bits per heavy atom. The number of nitrogens with zero attached hydrogens (tertiary/aromatic N) is 1.